The second kappa shape index (κ2) is 8.99. The van der Waals surface area contributed by atoms with E-state index in [-0.39, 0.29) is 28.2 Å². The maximum Gasteiger partial charge on any atom is 0.338 e. The maximum absolute atomic E-state index is 14.7. The average molecular weight is 384 g/mol. The Morgan fingerprint density at radius 1 is 0.893 bits per heavy atom. The predicted octanol–water partition coefficient (Wildman–Crippen LogP) is 4.85. The van der Waals surface area contributed by atoms with Crippen molar-refractivity contribution < 1.29 is 28.2 Å². The van der Waals surface area contributed by atoms with Gasteiger partial charge in [-0.05, 0) is 45.0 Å². The molecule has 0 aromatic heterocycles. The van der Waals surface area contributed by atoms with Crippen molar-refractivity contribution in [2.24, 2.45) is 0 Å². The first-order valence-electron chi connectivity index (χ1n) is 8.55. The Labute approximate surface area is 163 Å². The molecular weight excluding hydrogens is 363 g/mol. The van der Waals surface area contributed by atoms with Crippen LogP contribution in [0.4, 0.5) is 4.39 Å². The minimum absolute atomic E-state index is 0.0687. The lowest BCUT2D eigenvalue weighted by atomic mass is 10.0. The molecule has 0 heterocycles. The fourth-order valence-corrected chi connectivity index (χ4v) is 2.23. The van der Waals surface area contributed by atoms with Crippen molar-refractivity contribution in [2.45, 2.75) is 20.8 Å². The number of esters is 2. The SMILES string of the molecule is C=C(C)C(=O)Oc1ccc(-c2ccc(OC(=O)C(=C)C)cc2OCC)c(F)c1. The summed E-state index contributed by atoms with van der Waals surface area (Å²) in [5.74, 6) is -1.12. The number of benzene rings is 2. The Balaban J connectivity index is 2.37. The van der Waals surface area contributed by atoms with Gasteiger partial charge in [0.1, 0.15) is 23.1 Å². The summed E-state index contributed by atoms with van der Waals surface area (Å²) in [6.07, 6.45) is 0. The van der Waals surface area contributed by atoms with Crippen LogP contribution in [-0.4, -0.2) is 18.5 Å². The first kappa shape index (κ1) is 20.9. The molecule has 0 fully saturated rings. The molecule has 2 rings (SSSR count). The van der Waals surface area contributed by atoms with E-state index in [2.05, 4.69) is 13.2 Å². The molecule has 0 unspecified atom stereocenters. The number of rotatable bonds is 7. The van der Waals surface area contributed by atoms with Crippen LogP contribution in [0.25, 0.3) is 11.1 Å². The van der Waals surface area contributed by atoms with Gasteiger partial charge in [-0.3, -0.25) is 0 Å². The highest BCUT2D eigenvalue weighted by molar-refractivity contribution is 5.89. The van der Waals surface area contributed by atoms with E-state index in [9.17, 15) is 14.0 Å². The first-order chi connectivity index (χ1) is 13.2. The molecule has 146 valence electrons. The fraction of sp³-hybridized carbons (Fsp3) is 0.182. The molecule has 0 radical (unpaired) electrons. The summed E-state index contributed by atoms with van der Waals surface area (Å²) in [6, 6.07) is 8.70. The van der Waals surface area contributed by atoms with Gasteiger partial charge in [0.25, 0.3) is 0 Å². The maximum atomic E-state index is 14.7. The van der Waals surface area contributed by atoms with Crippen LogP contribution in [0.15, 0.2) is 60.7 Å². The Kier molecular flexibility index (Phi) is 6.71. The predicted molar refractivity (Wildman–Crippen MR) is 104 cm³/mol. The first-order valence-corrected chi connectivity index (χ1v) is 8.55. The number of carbonyl (C=O) groups excluding carboxylic acids is 2. The van der Waals surface area contributed by atoms with Crippen LogP contribution in [0, 0.1) is 5.82 Å². The van der Waals surface area contributed by atoms with Gasteiger partial charge >= 0.3 is 11.9 Å². The molecule has 0 amide bonds. The molecule has 2 aromatic rings. The summed E-state index contributed by atoms with van der Waals surface area (Å²) in [4.78, 5) is 23.3. The summed E-state index contributed by atoms with van der Waals surface area (Å²) >= 11 is 0. The Morgan fingerprint density at radius 2 is 1.39 bits per heavy atom. The van der Waals surface area contributed by atoms with E-state index in [1.807, 2.05) is 0 Å². The third-order valence-electron chi connectivity index (χ3n) is 3.60. The lowest BCUT2D eigenvalue weighted by Gasteiger charge is -2.14. The highest BCUT2D eigenvalue weighted by Crippen LogP contribution is 2.36. The topological polar surface area (TPSA) is 61.8 Å². The third kappa shape index (κ3) is 5.07. The smallest absolute Gasteiger partial charge is 0.338 e. The second-order valence-electron chi connectivity index (χ2n) is 6.07. The molecule has 0 aliphatic carbocycles. The van der Waals surface area contributed by atoms with Crippen LogP contribution in [0.2, 0.25) is 0 Å². The normalized spacial score (nSPS) is 10.1. The van der Waals surface area contributed by atoms with E-state index in [1.165, 1.54) is 38.1 Å². The summed E-state index contributed by atoms with van der Waals surface area (Å²) < 4.78 is 30.5. The average Bonchev–Trinajstić information content (AvgIpc) is 2.62. The molecule has 0 saturated heterocycles. The number of carbonyl (C=O) groups is 2. The standard InChI is InChI=1S/C22H21FO5/c1-6-26-20-12-16(28-22(25)14(4)5)8-10-18(20)17-9-7-15(11-19(17)23)27-21(24)13(2)3/h7-12H,2,4,6H2,1,3,5H3. The van der Waals surface area contributed by atoms with Crippen molar-refractivity contribution in [1.82, 2.24) is 0 Å². The van der Waals surface area contributed by atoms with Crippen molar-refractivity contribution in [2.75, 3.05) is 6.61 Å². The molecule has 5 nitrogen and oxygen atoms in total. The highest BCUT2D eigenvalue weighted by Gasteiger charge is 2.16. The van der Waals surface area contributed by atoms with Gasteiger partial charge in [0.15, 0.2) is 0 Å². The monoisotopic (exact) mass is 384 g/mol. The molecular formula is C22H21FO5. The molecule has 0 atom stereocenters. The molecule has 0 aliphatic rings. The number of halogens is 1. The summed E-state index contributed by atoms with van der Waals surface area (Å²) in [7, 11) is 0. The van der Waals surface area contributed by atoms with Gasteiger partial charge in [0.2, 0.25) is 0 Å². The Morgan fingerprint density at radius 3 is 1.86 bits per heavy atom. The number of ether oxygens (including phenoxy) is 3. The fourth-order valence-electron chi connectivity index (χ4n) is 2.23. The van der Waals surface area contributed by atoms with Gasteiger partial charge in [-0.1, -0.05) is 13.2 Å². The molecule has 0 bridgehead atoms. The third-order valence-corrected chi connectivity index (χ3v) is 3.60. The van der Waals surface area contributed by atoms with Gasteiger partial charge in [-0.2, -0.15) is 0 Å². The molecule has 0 N–H and O–H groups in total. The van der Waals surface area contributed by atoms with E-state index in [0.29, 0.717) is 17.9 Å². The lowest BCUT2D eigenvalue weighted by Crippen LogP contribution is -2.09. The van der Waals surface area contributed by atoms with Crippen molar-refractivity contribution >= 4 is 11.9 Å². The molecule has 0 spiro atoms. The zero-order valence-corrected chi connectivity index (χ0v) is 16.0. The zero-order chi connectivity index (χ0) is 20.8. The van der Waals surface area contributed by atoms with Gasteiger partial charge < -0.3 is 14.2 Å². The quantitative estimate of drug-likeness (QED) is 0.388. The Hall–Kier alpha value is -3.41. The largest absolute Gasteiger partial charge is 0.493 e. The molecule has 2 aromatic carbocycles. The van der Waals surface area contributed by atoms with Crippen LogP contribution in [0.3, 0.4) is 0 Å². The molecule has 0 aliphatic heterocycles. The second-order valence-corrected chi connectivity index (χ2v) is 6.07. The zero-order valence-electron chi connectivity index (χ0n) is 16.0. The molecule has 6 heteroatoms. The van der Waals surface area contributed by atoms with Gasteiger partial charge in [-0.15, -0.1) is 0 Å². The van der Waals surface area contributed by atoms with Crippen LogP contribution in [0.5, 0.6) is 17.2 Å². The summed E-state index contributed by atoms with van der Waals surface area (Å²) in [6.45, 7) is 12.2. The minimum atomic E-state index is -0.633. The van der Waals surface area contributed by atoms with E-state index in [1.54, 1.807) is 13.0 Å². The molecule has 0 saturated carbocycles. The van der Waals surface area contributed by atoms with Gasteiger partial charge in [-0.25, -0.2) is 14.0 Å². The number of hydrogen-bond donors (Lipinski definition) is 0. The summed E-state index contributed by atoms with van der Waals surface area (Å²) in [5.41, 5.74) is 1.18. The van der Waals surface area contributed by atoms with Crippen LogP contribution in [0.1, 0.15) is 20.8 Å². The molecule has 28 heavy (non-hydrogen) atoms. The van der Waals surface area contributed by atoms with Crippen LogP contribution in [-0.2, 0) is 9.59 Å². The van der Waals surface area contributed by atoms with Crippen molar-refractivity contribution in [3.63, 3.8) is 0 Å². The minimum Gasteiger partial charge on any atom is -0.493 e. The van der Waals surface area contributed by atoms with E-state index in [0.717, 1.165) is 6.07 Å². The lowest BCUT2D eigenvalue weighted by molar-refractivity contribution is -0.130. The number of hydrogen-bond acceptors (Lipinski definition) is 5. The van der Waals surface area contributed by atoms with E-state index < -0.39 is 17.8 Å². The van der Waals surface area contributed by atoms with E-state index in [4.69, 9.17) is 14.2 Å². The summed E-state index contributed by atoms with van der Waals surface area (Å²) in [5, 5.41) is 0. The van der Waals surface area contributed by atoms with Gasteiger partial charge in [0.05, 0.1) is 6.61 Å². The van der Waals surface area contributed by atoms with Crippen molar-refractivity contribution in [3.8, 4) is 28.4 Å². The van der Waals surface area contributed by atoms with Gasteiger partial charge in [0, 0.05) is 34.4 Å². The Bertz CT molecular complexity index is 946. The highest BCUT2D eigenvalue weighted by atomic mass is 19.1. The van der Waals surface area contributed by atoms with Crippen LogP contribution >= 0.6 is 0 Å². The van der Waals surface area contributed by atoms with E-state index >= 15 is 0 Å². The van der Waals surface area contributed by atoms with Crippen molar-refractivity contribution in [1.29, 1.82) is 0 Å². The van der Waals surface area contributed by atoms with Crippen molar-refractivity contribution in [3.05, 3.63) is 66.5 Å². The van der Waals surface area contributed by atoms with Crippen LogP contribution < -0.4 is 14.2 Å².